The standard InChI is InChI=1S/C17H20FN5O/c1-11-17(24)22(9-12-4-2-5-13(18)8-12)10-15-20-21-16(23(11)15)14-6-3-7-19-14/h2,4-5,8,11,14,19H,3,6-7,9-10H2,1H3/t11-,14-/m0/s1. The minimum atomic E-state index is -0.338. The van der Waals surface area contributed by atoms with Gasteiger partial charge in [0, 0.05) is 6.54 Å². The molecule has 7 heteroatoms. The molecule has 1 fully saturated rings. The maximum Gasteiger partial charge on any atom is 0.246 e. The van der Waals surface area contributed by atoms with Crippen molar-refractivity contribution in [3.63, 3.8) is 0 Å². The number of carbonyl (C=O) groups is 1. The summed E-state index contributed by atoms with van der Waals surface area (Å²) in [4.78, 5) is 14.5. The van der Waals surface area contributed by atoms with Crippen LogP contribution in [-0.4, -0.2) is 32.1 Å². The Morgan fingerprint density at radius 3 is 3.00 bits per heavy atom. The van der Waals surface area contributed by atoms with Crippen LogP contribution in [0.1, 0.15) is 49.1 Å². The molecular formula is C17H20FN5O. The fourth-order valence-corrected chi connectivity index (χ4v) is 3.62. The number of nitrogens with one attached hydrogen (secondary N) is 1. The summed E-state index contributed by atoms with van der Waals surface area (Å²) < 4.78 is 15.3. The molecule has 0 unspecified atom stereocenters. The molecule has 2 atom stereocenters. The van der Waals surface area contributed by atoms with Crippen LogP contribution in [0.2, 0.25) is 0 Å². The summed E-state index contributed by atoms with van der Waals surface area (Å²) in [5, 5.41) is 12.0. The van der Waals surface area contributed by atoms with E-state index in [9.17, 15) is 9.18 Å². The summed E-state index contributed by atoms with van der Waals surface area (Å²) in [6.07, 6.45) is 2.13. The second-order valence-corrected chi connectivity index (χ2v) is 6.49. The number of aromatic nitrogens is 3. The lowest BCUT2D eigenvalue weighted by Crippen LogP contribution is -2.42. The van der Waals surface area contributed by atoms with Gasteiger partial charge in [0.05, 0.1) is 12.6 Å². The molecule has 24 heavy (non-hydrogen) atoms. The minimum Gasteiger partial charge on any atom is -0.329 e. The fourth-order valence-electron chi connectivity index (χ4n) is 3.62. The Labute approximate surface area is 139 Å². The van der Waals surface area contributed by atoms with E-state index in [0.717, 1.165) is 36.6 Å². The van der Waals surface area contributed by atoms with Crippen molar-refractivity contribution in [2.75, 3.05) is 6.54 Å². The Hall–Kier alpha value is -2.28. The molecule has 1 saturated heterocycles. The van der Waals surface area contributed by atoms with Crippen molar-refractivity contribution >= 4 is 5.91 Å². The molecule has 0 spiro atoms. The molecule has 1 aromatic heterocycles. The normalized spacial score (nSPS) is 23.6. The molecule has 4 rings (SSSR count). The monoisotopic (exact) mass is 329 g/mol. The maximum atomic E-state index is 13.4. The van der Waals surface area contributed by atoms with Crippen molar-refractivity contribution in [1.82, 2.24) is 25.0 Å². The number of carbonyl (C=O) groups excluding carboxylic acids is 1. The van der Waals surface area contributed by atoms with E-state index in [2.05, 4.69) is 15.5 Å². The summed E-state index contributed by atoms with van der Waals surface area (Å²) in [5.74, 6) is 1.38. The lowest BCUT2D eigenvalue weighted by atomic mass is 10.1. The molecule has 3 heterocycles. The van der Waals surface area contributed by atoms with E-state index in [1.54, 1.807) is 11.0 Å². The third kappa shape index (κ3) is 2.58. The molecule has 0 radical (unpaired) electrons. The molecule has 0 saturated carbocycles. The van der Waals surface area contributed by atoms with Crippen LogP contribution in [0.3, 0.4) is 0 Å². The van der Waals surface area contributed by atoms with Gasteiger partial charge in [-0.3, -0.25) is 9.36 Å². The number of nitrogens with zero attached hydrogens (tertiary/aromatic N) is 4. The van der Waals surface area contributed by atoms with Crippen LogP contribution in [0.5, 0.6) is 0 Å². The highest BCUT2D eigenvalue weighted by atomic mass is 19.1. The van der Waals surface area contributed by atoms with Crippen LogP contribution in [0.4, 0.5) is 4.39 Å². The zero-order chi connectivity index (χ0) is 16.7. The quantitative estimate of drug-likeness (QED) is 0.935. The third-order valence-electron chi connectivity index (χ3n) is 4.82. The van der Waals surface area contributed by atoms with Gasteiger partial charge < -0.3 is 10.2 Å². The van der Waals surface area contributed by atoms with E-state index >= 15 is 0 Å². The van der Waals surface area contributed by atoms with Crippen molar-refractivity contribution in [2.45, 2.75) is 44.9 Å². The van der Waals surface area contributed by atoms with E-state index in [1.807, 2.05) is 17.6 Å². The summed E-state index contributed by atoms with van der Waals surface area (Å²) >= 11 is 0. The second kappa shape index (κ2) is 5.98. The highest BCUT2D eigenvalue weighted by Crippen LogP contribution is 2.29. The number of halogens is 1. The first-order valence-electron chi connectivity index (χ1n) is 8.34. The van der Waals surface area contributed by atoms with Crippen LogP contribution < -0.4 is 5.32 Å². The Morgan fingerprint density at radius 2 is 2.25 bits per heavy atom. The van der Waals surface area contributed by atoms with Crippen LogP contribution in [0, 0.1) is 5.82 Å². The lowest BCUT2D eigenvalue weighted by molar-refractivity contribution is -0.137. The van der Waals surface area contributed by atoms with Gasteiger partial charge in [-0.1, -0.05) is 12.1 Å². The lowest BCUT2D eigenvalue weighted by Gasteiger charge is -2.32. The van der Waals surface area contributed by atoms with Crippen LogP contribution in [0.25, 0.3) is 0 Å². The van der Waals surface area contributed by atoms with Gasteiger partial charge in [0.2, 0.25) is 5.91 Å². The van der Waals surface area contributed by atoms with Crippen molar-refractivity contribution in [3.05, 3.63) is 47.3 Å². The highest BCUT2D eigenvalue weighted by Gasteiger charge is 2.35. The predicted octanol–water partition coefficient (Wildman–Crippen LogP) is 1.95. The number of benzene rings is 1. The third-order valence-corrected chi connectivity index (χ3v) is 4.82. The first-order valence-corrected chi connectivity index (χ1v) is 8.34. The number of hydrogen-bond donors (Lipinski definition) is 1. The van der Waals surface area contributed by atoms with Crippen molar-refractivity contribution in [3.8, 4) is 0 Å². The summed E-state index contributed by atoms with van der Waals surface area (Å²) in [7, 11) is 0. The topological polar surface area (TPSA) is 63.1 Å². The fraction of sp³-hybridized carbons (Fsp3) is 0.471. The molecule has 126 valence electrons. The Bertz CT molecular complexity index is 768. The van der Waals surface area contributed by atoms with Crippen LogP contribution >= 0.6 is 0 Å². The second-order valence-electron chi connectivity index (χ2n) is 6.49. The predicted molar refractivity (Wildman–Crippen MR) is 85.4 cm³/mol. The summed E-state index contributed by atoms with van der Waals surface area (Å²) in [6.45, 7) is 3.64. The first kappa shape index (κ1) is 15.3. The maximum absolute atomic E-state index is 13.4. The molecule has 2 aliphatic heterocycles. The molecular weight excluding hydrogens is 309 g/mol. The van der Waals surface area contributed by atoms with Gasteiger partial charge in [0.25, 0.3) is 0 Å². The van der Waals surface area contributed by atoms with Gasteiger partial charge in [-0.2, -0.15) is 0 Å². The zero-order valence-electron chi connectivity index (χ0n) is 13.6. The Kier molecular flexibility index (Phi) is 3.80. The van der Waals surface area contributed by atoms with Gasteiger partial charge >= 0.3 is 0 Å². The van der Waals surface area contributed by atoms with Crippen molar-refractivity contribution < 1.29 is 9.18 Å². The zero-order valence-corrected chi connectivity index (χ0v) is 13.6. The highest BCUT2D eigenvalue weighted by molar-refractivity contribution is 5.81. The van der Waals surface area contributed by atoms with E-state index < -0.39 is 0 Å². The Balaban J connectivity index is 1.60. The van der Waals surface area contributed by atoms with Gasteiger partial charge in [0.1, 0.15) is 11.9 Å². The number of fused-ring (bicyclic) bond motifs is 1. The van der Waals surface area contributed by atoms with E-state index in [-0.39, 0.29) is 23.8 Å². The summed E-state index contributed by atoms with van der Waals surface area (Å²) in [5.41, 5.74) is 0.779. The van der Waals surface area contributed by atoms with Gasteiger partial charge in [-0.05, 0) is 44.0 Å². The molecule has 1 amide bonds. The SMILES string of the molecule is C[C@H]1C(=O)N(Cc2cccc(F)c2)Cc2nnc([C@@H]3CCCN3)n21. The molecule has 0 bridgehead atoms. The van der Waals surface area contributed by atoms with Crippen molar-refractivity contribution in [2.24, 2.45) is 0 Å². The van der Waals surface area contributed by atoms with E-state index in [0.29, 0.717) is 13.1 Å². The smallest absolute Gasteiger partial charge is 0.246 e. The first-order chi connectivity index (χ1) is 11.6. The average Bonchev–Trinajstić information content (AvgIpc) is 3.21. The molecule has 0 aliphatic carbocycles. The molecule has 1 aromatic carbocycles. The molecule has 2 aliphatic rings. The summed E-state index contributed by atoms with van der Waals surface area (Å²) in [6, 6.07) is 6.20. The van der Waals surface area contributed by atoms with Gasteiger partial charge in [-0.25, -0.2) is 4.39 Å². The van der Waals surface area contributed by atoms with Crippen molar-refractivity contribution in [1.29, 1.82) is 0 Å². The Morgan fingerprint density at radius 1 is 1.38 bits per heavy atom. The minimum absolute atomic E-state index is 0.0193. The largest absolute Gasteiger partial charge is 0.329 e. The number of hydrogen-bond acceptors (Lipinski definition) is 4. The van der Waals surface area contributed by atoms with Gasteiger partial charge in [0.15, 0.2) is 11.6 Å². The molecule has 2 aromatic rings. The van der Waals surface area contributed by atoms with Crippen LogP contribution in [0.15, 0.2) is 24.3 Å². The molecule has 1 N–H and O–H groups in total. The van der Waals surface area contributed by atoms with E-state index in [1.165, 1.54) is 12.1 Å². The molecule has 6 nitrogen and oxygen atoms in total. The van der Waals surface area contributed by atoms with E-state index in [4.69, 9.17) is 0 Å². The average molecular weight is 329 g/mol. The number of amides is 1. The number of rotatable bonds is 3. The van der Waals surface area contributed by atoms with Gasteiger partial charge in [-0.15, -0.1) is 10.2 Å². The van der Waals surface area contributed by atoms with Crippen LogP contribution in [-0.2, 0) is 17.9 Å².